The number of halogens is 1. The van der Waals surface area contributed by atoms with E-state index in [1.165, 1.54) is 6.21 Å². The molecule has 0 radical (unpaired) electrons. The fourth-order valence-electron chi connectivity index (χ4n) is 2.00. The van der Waals surface area contributed by atoms with Crippen molar-refractivity contribution in [3.05, 3.63) is 76.9 Å². The summed E-state index contributed by atoms with van der Waals surface area (Å²) in [5.41, 5.74) is 4.35. The van der Waals surface area contributed by atoms with Gasteiger partial charge in [-0.05, 0) is 29.8 Å². The summed E-state index contributed by atoms with van der Waals surface area (Å²) < 4.78 is 0. The zero-order valence-electron chi connectivity index (χ0n) is 11.5. The number of hydrogen-bond donors (Lipinski definition) is 1. The maximum Gasteiger partial charge on any atom is 0.289 e. The molecule has 1 aromatic heterocycles. The van der Waals surface area contributed by atoms with E-state index in [2.05, 4.69) is 15.5 Å². The lowest BCUT2D eigenvalue weighted by Gasteiger charge is -2.01. The number of benzene rings is 2. The zero-order valence-corrected chi connectivity index (χ0v) is 12.3. The minimum absolute atomic E-state index is 0.321. The second kappa shape index (κ2) is 6.37. The van der Waals surface area contributed by atoms with Gasteiger partial charge >= 0.3 is 0 Å². The van der Waals surface area contributed by atoms with Crippen molar-refractivity contribution >= 4 is 34.6 Å². The van der Waals surface area contributed by atoms with Gasteiger partial charge in [0, 0.05) is 10.4 Å². The van der Waals surface area contributed by atoms with Crippen LogP contribution in [0.25, 0.3) is 10.9 Å². The van der Waals surface area contributed by atoms with Crippen molar-refractivity contribution in [1.29, 1.82) is 0 Å². The number of pyridine rings is 1. The van der Waals surface area contributed by atoms with Crippen LogP contribution in [0.15, 0.2) is 65.8 Å². The molecule has 0 aliphatic rings. The summed E-state index contributed by atoms with van der Waals surface area (Å²) in [6.07, 6.45) is 1.53. The van der Waals surface area contributed by atoms with E-state index < -0.39 is 0 Å². The van der Waals surface area contributed by atoms with Gasteiger partial charge in [0.1, 0.15) is 5.69 Å². The highest BCUT2D eigenvalue weighted by atomic mass is 35.5. The van der Waals surface area contributed by atoms with Crippen LogP contribution in [0.1, 0.15) is 16.1 Å². The fraction of sp³-hybridized carbons (Fsp3) is 0. The number of carbonyl (C=O) groups excluding carboxylic acids is 1. The topological polar surface area (TPSA) is 54.4 Å². The number of nitrogens with one attached hydrogen (secondary N) is 1. The molecule has 2 aromatic carbocycles. The van der Waals surface area contributed by atoms with Gasteiger partial charge in [0.2, 0.25) is 0 Å². The number of carbonyl (C=O) groups is 1. The molecule has 0 fully saturated rings. The van der Waals surface area contributed by atoms with E-state index >= 15 is 0 Å². The van der Waals surface area contributed by atoms with Crippen LogP contribution >= 0.6 is 11.6 Å². The molecule has 22 heavy (non-hydrogen) atoms. The average molecular weight is 310 g/mol. The van der Waals surface area contributed by atoms with E-state index in [1.807, 2.05) is 42.5 Å². The molecule has 1 heterocycles. The summed E-state index contributed by atoms with van der Waals surface area (Å²) in [7, 11) is 0. The first-order valence-electron chi connectivity index (χ1n) is 6.67. The summed E-state index contributed by atoms with van der Waals surface area (Å²) >= 11 is 5.88. The molecular formula is C17H12ClN3O. The summed E-state index contributed by atoms with van der Waals surface area (Å²) in [6.45, 7) is 0. The van der Waals surface area contributed by atoms with Gasteiger partial charge in [0.25, 0.3) is 5.91 Å². The summed E-state index contributed by atoms with van der Waals surface area (Å²) in [5, 5.41) is 5.52. The van der Waals surface area contributed by atoms with Crippen molar-refractivity contribution in [3.8, 4) is 0 Å². The summed E-state index contributed by atoms with van der Waals surface area (Å²) in [4.78, 5) is 16.3. The highest BCUT2D eigenvalue weighted by Crippen LogP contribution is 2.12. The third-order valence-corrected chi connectivity index (χ3v) is 3.29. The predicted molar refractivity (Wildman–Crippen MR) is 88.3 cm³/mol. The number of para-hydroxylation sites is 1. The maximum absolute atomic E-state index is 12.0. The molecular weight excluding hydrogens is 298 g/mol. The van der Waals surface area contributed by atoms with Gasteiger partial charge in [-0.3, -0.25) is 4.79 Å². The molecule has 0 atom stereocenters. The number of hydrogen-bond acceptors (Lipinski definition) is 3. The number of nitrogens with zero attached hydrogens (tertiary/aromatic N) is 2. The molecule has 1 amide bonds. The van der Waals surface area contributed by atoms with E-state index in [-0.39, 0.29) is 5.91 Å². The van der Waals surface area contributed by atoms with Crippen molar-refractivity contribution in [2.45, 2.75) is 0 Å². The Morgan fingerprint density at radius 1 is 1.09 bits per heavy atom. The lowest BCUT2D eigenvalue weighted by Crippen LogP contribution is -2.18. The number of aromatic nitrogens is 1. The van der Waals surface area contributed by atoms with Gasteiger partial charge < -0.3 is 0 Å². The minimum atomic E-state index is -0.357. The lowest BCUT2D eigenvalue weighted by atomic mass is 10.2. The van der Waals surface area contributed by atoms with Crippen LogP contribution in [-0.4, -0.2) is 17.1 Å². The van der Waals surface area contributed by atoms with Crippen molar-refractivity contribution in [1.82, 2.24) is 10.4 Å². The lowest BCUT2D eigenvalue weighted by molar-refractivity contribution is 0.0950. The average Bonchev–Trinajstić information content (AvgIpc) is 2.54. The van der Waals surface area contributed by atoms with Crippen LogP contribution in [0.5, 0.6) is 0 Å². The molecule has 108 valence electrons. The van der Waals surface area contributed by atoms with Gasteiger partial charge in [-0.2, -0.15) is 5.10 Å². The van der Waals surface area contributed by atoms with E-state index in [1.54, 1.807) is 18.2 Å². The molecule has 0 aliphatic heterocycles. The highest BCUT2D eigenvalue weighted by Gasteiger charge is 2.06. The third kappa shape index (κ3) is 3.30. The number of hydrazone groups is 1. The Hall–Kier alpha value is -2.72. The van der Waals surface area contributed by atoms with Crippen molar-refractivity contribution in [3.63, 3.8) is 0 Å². The first kappa shape index (κ1) is 14.2. The number of fused-ring (bicyclic) bond motifs is 1. The van der Waals surface area contributed by atoms with Crippen molar-refractivity contribution in [2.24, 2.45) is 5.10 Å². The highest BCUT2D eigenvalue weighted by molar-refractivity contribution is 6.30. The molecule has 3 aromatic rings. The first-order valence-corrected chi connectivity index (χ1v) is 7.05. The van der Waals surface area contributed by atoms with E-state index in [4.69, 9.17) is 11.6 Å². The molecule has 0 unspecified atom stereocenters. The largest absolute Gasteiger partial charge is 0.289 e. The molecule has 1 N–H and O–H groups in total. The molecule has 0 spiro atoms. The Morgan fingerprint density at radius 3 is 2.82 bits per heavy atom. The number of amides is 1. The van der Waals surface area contributed by atoms with Gasteiger partial charge in [0.05, 0.1) is 11.7 Å². The SMILES string of the molecule is O=C(N/N=C\c1cccc(Cl)c1)c1ccc2ccccc2n1. The molecule has 5 heteroatoms. The minimum Gasteiger partial charge on any atom is -0.266 e. The van der Waals surface area contributed by atoms with Crippen LogP contribution in [0.3, 0.4) is 0 Å². The van der Waals surface area contributed by atoms with Crippen LogP contribution in [0.4, 0.5) is 0 Å². The van der Waals surface area contributed by atoms with Gasteiger partial charge in [-0.15, -0.1) is 0 Å². The van der Waals surface area contributed by atoms with Gasteiger partial charge in [0.15, 0.2) is 0 Å². The van der Waals surface area contributed by atoms with Gasteiger partial charge in [-0.25, -0.2) is 10.4 Å². The van der Waals surface area contributed by atoms with Crippen LogP contribution in [-0.2, 0) is 0 Å². The molecule has 0 bridgehead atoms. The quantitative estimate of drug-likeness (QED) is 0.593. The molecule has 0 aliphatic carbocycles. The predicted octanol–water partition coefficient (Wildman–Crippen LogP) is 3.65. The van der Waals surface area contributed by atoms with Crippen molar-refractivity contribution in [2.75, 3.05) is 0 Å². The number of rotatable bonds is 3. The Morgan fingerprint density at radius 2 is 1.95 bits per heavy atom. The first-order chi connectivity index (χ1) is 10.7. The Balaban J connectivity index is 1.73. The van der Waals surface area contributed by atoms with Crippen LogP contribution < -0.4 is 5.43 Å². The summed E-state index contributed by atoms with van der Waals surface area (Å²) in [5.74, 6) is -0.357. The van der Waals surface area contributed by atoms with Crippen LogP contribution in [0, 0.1) is 0 Å². The standard InChI is InChI=1S/C17H12ClN3O/c18-14-6-3-4-12(10-14)11-19-21-17(22)16-9-8-13-5-1-2-7-15(13)20-16/h1-11H,(H,21,22)/b19-11-. The molecule has 0 saturated heterocycles. The van der Waals surface area contributed by atoms with E-state index in [0.717, 1.165) is 16.5 Å². The third-order valence-electron chi connectivity index (χ3n) is 3.06. The Labute approximate surface area is 132 Å². The van der Waals surface area contributed by atoms with Gasteiger partial charge in [-0.1, -0.05) is 48.0 Å². The maximum atomic E-state index is 12.0. The normalized spacial score (nSPS) is 11.0. The van der Waals surface area contributed by atoms with Crippen molar-refractivity contribution < 1.29 is 4.79 Å². The van der Waals surface area contributed by atoms with Crippen LogP contribution in [0.2, 0.25) is 5.02 Å². The Bertz CT molecular complexity index is 861. The molecule has 3 rings (SSSR count). The fourth-order valence-corrected chi connectivity index (χ4v) is 2.20. The second-order valence-corrected chi connectivity index (χ2v) is 5.08. The molecule has 0 saturated carbocycles. The van der Waals surface area contributed by atoms with E-state index in [9.17, 15) is 4.79 Å². The smallest absolute Gasteiger partial charge is 0.266 e. The second-order valence-electron chi connectivity index (χ2n) is 4.64. The zero-order chi connectivity index (χ0) is 15.4. The monoisotopic (exact) mass is 309 g/mol. The summed E-state index contributed by atoms with van der Waals surface area (Å²) in [6, 6.07) is 18.3. The Kier molecular flexibility index (Phi) is 4.12. The molecule has 4 nitrogen and oxygen atoms in total. The van der Waals surface area contributed by atoms with E-state index in [0.29, 0.717) is 10.7 Å².